The summed E-state index contributed by atoms with van der Waals surface area (Å²) in [5.41, 5.74) is 0. The van der Waals surface area contributed by atoms with Gasteiger partial charge in [-0.2, -0.15) is 0 Å². The van der Waals surface area contributed by atoms with Crippen LogP contribution in [0.3, 0.4) is 0 Å². The third kappa shape index (κ3) is 3.16. The molecule has 2 rings (SSSR count). The minimum absolute atomic E-state index is 0.00981. The lowest BCUT2D eigenvalue weighted by atomic mass is 10.0. The number of rotatable bonds is 4. The summed E-state index contributed by atoms with van der Waals surface area (Å²) in [6.45, 7) is 0.956. The van der Waals surface area contributed by atoms with E-state index in [1.54, 1.807) is 0 Å². The summed E-state index contributed by atoms with van der Waals surface area (Å²) in [4.78, 5) is 0. The minimum Gasteiger partial charge on any atom is -0.394 e. The molecule has 15 heavy (non-hydrogen) atoms. The molecule has 1 saturated carbocycles. The second kappa shape index (κ2) is 5.83. The monoisotopic (exact) mass is 214 g/mol. The van der Waals surface area contributed by atoms with Crippen molar-refractivity contribution in [1.29, 1.82) is 0 Å². The summed E-state index contributed by atoms with van der Waals surface area (Å²) < 4.78 is 11.4. The summed E-state index contributed by atoms with van der Waals surface area (Å²) in [7, 11) is 0. The molecule has 0 bridgehead atoms. The summed E-state index contributed by atoms with van der Waals surface area (Å²) in [6.07, 6.45) is 8.26. The molecule has 1 N–H and O–H groups in total. The second-order valence-electron chi connectivity index (χ2n) is 4.70. The van der Waals surface area contributed by atoms with Crippen LogP contribution >= 0.6 is 0 Å². The molecule has 1 aliphatic carbocycles. The predicted octanol–water partition coefficient (Wildman–Crippen LogP) is 2.08. The van der Waals surface area contributed by atoms with E-state index in [9.17, 15) is 5.11 Å². The highest BCUT2D eigenvalue weighted by atomic mass is 16.7. The van der Waals surface area contributed by atoms with Crippen molar-refractivity contribution in [3.63, 3.8) is 0 Å². The molecule has 1 unspecified atom stereocenters. The third-order valence-corrected chi connectivity index (χ3v) is 3.57. The van der Waals surface area contributed by atoms with Gasteiger partial charge in [0.2, 0.25) is 0 Å². The summed E-state index contributed by atoms with van der Waals surface area (Å²) in [5, 5.41) is 9.34. The van der Waals surface area contributed by atoms with Crippen LogP contribution in [-0.4, -0.2) is 30.7 Å². The molecule has 0 spiro atoms. The lowest BCUT2D eigenvalue weighted by Crippen LogP contribution is -2.34. The average molecular weight is 214 g/mol. The van der Waals surface area contributed by atoms with Crippen molar-refractivity contribution < 1.29 is 14.6 Å². The predicted molar refractivity (Wildman–Crippen MR) is 57.5 cm³/mol. The van der Waals surface area contributed by atoms with Gasteiger partial charge >= 0.3 is 0 Å². The molecule has 2 atom stereocenters. The Kier molecular flexibility index (Phi) is 4.42. The third-order valence-electron chi connectivity index (χ3n) is 3.57. The summed E-state index contributed by atoms with van der Waals surface area (Å²) in [6, 6.07) is 0. The van der Waals surface area contributed by atoms with E-state index in [0.29, 0.717) is 5.92 Å². The van der Waals surface area contributed by atoms with Gasteiger partial charge in [-0.15, -0.1) is 0 Å². The number of aliphatic hydroxyl groups is 1. The van der Waals surface area contributed by atoms with Crippen LogP contribution in [0.2, 0.25) is 0 Å². The Morgan fingerprint density at radius 3 is 2.47 bits per heavy atom. The van der Waals surface area contributed by atoms with E-state index in [2.05, 4.69) is 0 Å². The molecule has 0 amide bonds. The largest absolute Gasteiger partial charge is 0.394 e. The number of hydrogen-bond donors (Lipinski definition) is 1. The van der Waals surface area contributed by atoms with Crippen molar-refractivity contribution in [3.8, 4) is 0 Å². The zero-order valence-corrected chi connectivity index (χ0v) is 9.36. The van der Waals surface area contributed by atoms with Gasteiger partial charge in [-0.25, -0.2) is 0 Å². The Hall–Kier alpha value is -0.120. The van der Waals surface area contributed by atoms with E-state index in [1.165, 1.54) is 32.1 Å². The van der Waals surface area contributed by atoms with E-state index < -0.39 is 0 Å². The van der Waals surface area contributed by atoms with Gasteiger partial charge in [-0.1, -0.05) is 12.8 Å². The first-order valence-corrected chi connectivity index (χ1v) is 6.28. The normalized spacial score (nSPS) is 30.6. The van der Waals surface area contributed by atoms with Gasteiger partial charge in [0.15, 0.2) is 6.29 Å². The van der Waals surface area contributed by atoms with Crippen LogP contribution in [0.5, 0.6) is 0 Å². The number of ether oxygens (including phenoxy) is 2. The molecule has 2 aliphatic rings. The lowest BCUT2D eigenvalue weighted by molar-refractivity contribution is -0.205. The fraction of sp³-hybridized carbons (Fsp3) is 1.00. The molecular weight excluding hydrogens is 192 g/mol. The standard InChI is InChI=1S/C12H22O3/c13-9-11(10-5-1-2-6-10)15-12-7-3-4-8-14-12/h10-13H,1-9H2/t11-,12?/m0/s1. The lowest BCUT2D eigenvalue weighted by Gasteiger charge is -2.29. The van der Waals surface area contributed by atoms with Crippen LogP contribution in [0.25, 0.3) is 0 Å². The Morgan fingerprint density at radius 1 is 1.13 bits per heavy atom. The highest BCUT2D eigenvalue weighted by molar-refractivity contribution is 4.76. The topological polar surface area (TPSA) is 38.7 Å². The first-order valence-electron chi connectivity index (χ1n) is 6.28. The van der Waals surface area contributed by atoms with Crippen LogP contribution in [0.15, 0.2) is 0 Å². The van der Waals surface area contributed by atoms with Crippen LogP contribution < -0.4 is 0 Å². The van der Waals surface area contributed by atoms with Gasteiger partial charge in [-0.05, 0) is 38.0 Å². The first kappa shape index (κ1) is 11.4. The van der Waals surface area contributed by atoms with Gasteiger partial charge in [0.25, 0.3) is 0 Å². The minimum atomic E-state index is -0.0588. The first-order chi connectivity index (χ1) is 7.40. The Balaban J connectivity index is 1.78. The van der Waals surface area contributed by atoms with E-state index >= 15 is 0 Å². The molecule has 3 heteroatoms. The van der Waals surface area contributed by atoms with Gasteiger partial charge < -0.3 is 14.6 Å². The van der Waals surface area contributed by atoms with Gasteiger partial charge in [-0.3, -0.25) is 0 Å². The van der Waals surface area contributed by atoms with Gasteiger partial charge in [0, 0.05) is 6.61 Å². The molecule has 0 aromatic carbocycles. The number of hydrogen-bond acceptors (Lipinski definition) is 3. The SMILES string of the molecule is OC[C@H](OC1CCCCO1)C1CCCC1. The fourth-order valence-electron chi connectivity index (χ4n) is 2.65. The van der Waals surface area contributed by atoms with Crippen molar-refractivity contribution in [2.24, 2.45) is 5.92 Å². The molecule has 1 saturated heterocycles. The zero-order chi connectivity index (χ0) is 10.5. The number of aliphatic hydroxyl groups excluding tert-OH is 1. The molecule has 0 radical (unpaired) electrons. The van der Waals surface area contributed by atoms with E-state index in [-0.39, 0.29) is 19.0 Å². The van der Waals surface area contributed by atoms with Crippen LogP contribution in [0, 0.1) is 5.92 Å². The maximum Gasteiger partial charge on any atom is 0.158 e. The highest BCUT2D eigenvalue weighted by Gasteiger charge is 2.28. The Labute approximate surface area is 91.8 Å². The van der Waals surface area contributed by atoms with Crippen LogP contribution in [0.4, 0.5) is 0 Å². The molecule has 0 aromatic rings. The molecule has 2 fully saturated rings. The average Bonchev–Trinajstić information content (AvgIpc) is 2.81. The summed E-state index contributed by atoms with van der Waals surface area (Å²) >= 11 is 0. The molecular formula is C12H22O3. The van der Waals surface area contributed by atoms with Crippen molar-refractivity contribution >= 4 is 0 Å². The van der Waals surface area contributed by atoms with E-state index in [4.69, 9.17) is 9.47 Å². The molecule has 3 nitrogen and oxygen atoms in total. The van der Waals surface area contributed by atoms with Crippen molar-refractivity contribution in [2.45, 2.75) is 57.3 Å². The van der Waals surface area contributed by atoms with Crippen molar-refractivity contribution in [3.05, 3.63) is 0 Å². The second-order valence-corrected chi connectivity index (χ2v) is 4.70. The van der Waals surface area contributed by atoms with Crippen LogP contribution in [-0.2, 0) is 9.47 Å². The van der Waals surface area contributed by atoms with Crippen molar-refractivity contribution in [1.82, 2.24) is 0 Å². The van der Waals surface area contributed by atoms with Crippen LogP contribution in [0.1, 0.15) is 44.9 Å². The zero-order valence-electron chi connectivity index (χ0n) is 9.36. The Bertz CT molecular complexity index is 172. The highest BCUT2D eigenvalue weighted by Crippen LogP contribution is 2.30. The molecule has 1 heterocycles. The smallest absolute Gasteiger partial charge is 0.158 e. The molecule has 1 aliphatic heterocycles. The van der Waals surface area contributed by atoms with E-state index in [1.807, 2.05) is 0 Å². The van der Waals surface area contributed by atoms with Gasteiger partial charge in [0.1, 0.15) is 0 Å². The quantitative estimate of drug-likeness (QED) is 0.778. The maximum absolute atomic E-state index is 9.34. The van der Waals surface area contributed by atoms with Crippen molar-refractivity contribution in [2.75, 3.05) is 13.2 Å². The maximum atomic E-state index is 9.34. The van der Waals surface area contributed by atoms with E-state index in [0.717, 1.165) is 19.4 Å². The Morgan fingerprint density at radius 2 is 1.87 bits per heavy atom. The fourth-order valence-corrected chi connectivity index (χ4v) is 2.65. The summed E-state index contributed by atoms with van der Waals surface area (Å²) in [5.74, 6) is 0.556. The molecule has 0 aromatic heterocycles. The molecule has 88 valence electrons. The van der Waals surface area contributed by atoms with Gasteiger partial charge in [0.05, 0.1) is 12.7 Å².